The summed E-state index contributed by atoms with van der Waals surface area (Å²) in [7, 11) is 0. The Morgan fingerprint density at radius 3 is 3.00 bits per heavy atom. The Labute approximate surface area is 145 Å². The first kappa shape index (κ1) is 15.7. The van der Waals surface area contributed by atoms with Crippen molar-refractivity contribution in [3.05, 3.63) is 34.3 Å². The minimum Gasteiger partial charge on any atom is -0.336 e. The molecule has 1 fully saturated rings. The molecule has 6 nitrogen and oxygen atoms in total. The fourth-order valence-electron chi connectivity index (χ4n) is 3.69. The highest BCUT2D eigenvalue weighted by atomic mass is 32.1. The van der Waals surface area contributed by atoms with Crippen molar-refractivity contribution in [3.63, 3.8) is 0 Å². The fourth-order valence-corrected chi connectivity index (χ4v) is 4.55. The van der Waals surface area contributed by atoms with Gasteiger partial charge in [-0.15, -0.1) is 11.3 Å². The SMILES string of the molecule is O=C(NCC(c1cccs1)N1CCCC1)N1CCCc2[nH]ncc21. The number of likely N-dealkylation sites (tertiary alicyclic amines) is 1. The number of hydrogen-bond donors (Lipinski definition) is 2. The van der Waals surface area contributed by atoms with Gasteiger partial charge in [0.1, 0.15) is 0 Å². The van der Waals surface area contributed by atoms with E-state index in [1.165, 1.54) is 17.7 Å². The maximum absolute atomic E-state index is 12.7. The first-order chi connectivity index (χ1) is 11.8. The number of nitrogens with zero attached hydrogens (tertiary/aromatic N) is 3. The smallest absolute Gasteiger partial charge is 0.322 e. The summed E-state index contributed by atoms with van der Waals surface area (Å²) in [4.78, 5) is 18.3. The molecule has 2 aromatic heterocycles. The number of hydrogen-bond acceptors (Lipinski definition) is 4. The minimum absolute atomic E-state index is 0.0156. The zero-order valence-electron chi connectivity index (χ0n) is 13.7. The summed E-state index contributed by atoms with van der Waals surface area (Å²) in [6.45, 7) is 3.65. The van der Waals surface area contributed by atoms with E-state index >= 15 is 0 Å². The normalized spacial score (nSPS) is 19.2. The summed E-state index contributed by atoms with van der Waals surface area (Å²) in [5, 5.41) is 12.4. The van der Waals surface area contributed by atoms with Crippen molar-refractivity contribution in [2.75, 3.05) is 31.1 Å². The lowest BCUT2D eigenvalue weighted by molar-refractivity contribution is 0.225. The molecule has 4 rings (SSSR count). The molecule has 1 atom stereocenters. The van der Waals surface area contributed by atoms with Crippen molar-refractivity contribution in [1.29, 1.82) is 0 Å². The van der Waals surface area contributed by atoms with E-state index in [9.17, 15) is 4.79 Å². The lowest BCUT2D eigenvalue weighted by Crippen LogP contribution is -2.45. The first-order valence-electron chi connectivity index (χ1n) is 8.68. The molecular formula is C17H23N5OS. The third-order valence-corrected chi connectivity index (χ3v) is 5.91. The molecule has 2 aliphatic heterocycles. The van der Waals surface area contributed by atoms with Crippen molar-refractivity contribution in [2.45, 2.75) is 31.7 Å². The van der Waals surface area contributed by atoms with E-state index in [1.807, 2.05) is 4.90 Å². The number of H-pyrrole nitrogens is 1. The van der Waals surface area contributed by atoms with E-state index in [2.05, 4.69) is 37.9 Å². The fraction of sp³-hybridized carbons (Fsp3) is 0.529. The molecular weight excluding hydrogens is 322 g/mol. The standard InChI is InChI=1S/C17H23N5OS/c23-17(22-9-3-5-13-14(22)12-19-20-13)18-11-15(16-6-4-10-24-16)21-7-1-2-8-21/h4,6,10,12,15H,1-3,5,7-9,11H2,(H,18,23)(H,19,20). The third kappa shape index (κ3) is 3.06. The number of urea groups is 1. The molecule has 0 bridgehead atoms. The number of nitrogens with one attached hydrogen (secondary N) is 2. The molecule has 2 N–H and O–H groups in total. The Kier molecular flexibility index (Phi) is 4.53. The number of aromatic amines is 1. The number of aromatic nitrogens is 2. The van der Waals surface area contributed by atoms with Crippen LogP contribution in [0.3, 0.4) is 0 Å². The Bertz CT molecular complexity index is 677. The van der Waals surface area contributed by atoms with Crippen LogP contribution in [0.4, 0.5) is 10.5 Å². The molecule has 0 saturated carbocycles. The summed E-state index contributed by atoms with van der Waals surface area (Å²) < 4.78 is 0. The van der Waals surface area contributed by atoms with Crippen molar-refractivity contribution in [3.8, 4) is 0 Å². The van der Waals surface area contributed by atoms with Gasteiger partial charge in [0, 0.05) is 18.0 Å². The van der Waals surface area contributed by atoms with Crippen LogP contribution in [0.1, 0.15) is 35.9 Å². The molecule has 128 valence electrons. The molecule has 0 spiro atoms. The molecule has 1 unspecified atom stereocenters. The van der Waals surface area contributed by atoms with E-state index in [0.29, 0.717) is 6.54 Å². The molecule has 4 heterocycles. The van der Waals surface area contributed by atoms with Crippen molar-refractivity contribution < 1.29 is 4.79 Å². The highest BCUT2D eigenvalue weighted by Crippen LogP contribution is 2.28. The molecule has 7 heteroatoms. The third-order valence-electron chi connectivity index (χ3n) is 4.94. The number of carbonyl (C=O) groups excluding carboxylic acids is 1. The highest BCUT2D eigenvalue weighted by Gasteiger charge is 2.27. The number of carbonyl (C=O) groups is 1. The predicted octanol–water partition coefficient (Wildman–Crippen LogP) is 2.77. The zero-order valence-corrected chi connectivity index (χ0v) is 14.5. The van der Waals surface area contributed by atoms with Crippen LogP contribution in [0.25, 0.3) is 0 Å². The monoisotopic (exact) mass is 345 g/mol. The maximum Gasteiger partial charge on any atom is 0.322 e. The minimum atomic E-state index is -0.0156. The van der Waals surface area contributed by atoms with Crippen LogP contribution in [0.15, 0.2) is 23.7 Å². The number of fused-ring (bicyclic) bond motifs is 1. The molecule has 0 aliphatic carbocycles. The van der Waals surface area contributed by atoms with Crippen molar-refractivity contribution >= 4 is 23.1 Å². The van der Waals surface area contributed by atoms with Crippen molar-refractivity contribution in [2.24, 2.45) is 0 Å². The van der Waals surface area contributed by atoms with E-state index in [4.69, 9.17) is 0 Å². The maximum atomic E-state index is 12.7. The van der Waals surface area contributed by atoms with E-state index < -0.39 is 0 Å². The van der Waals surface area contributed by atoms with E-state index in [-0.39, 0.29) is 12.1 Å². The molecule has 0 radical (unpaired) electrons. The van der Waals surface area contributed by atoms with Gasteiger partial charge in [-0.25, -0.2) is 4.79 Å². The Morgan fingerprint density at radius 1 is 1.33 bits per heavy atom. The van der Waals surface area contributed by atoms with E-state index in [1.54, 1.807) is 17.5 Å². The Hall–Kier alpha value is -1.86. The van der Waals surface area contributed by atoms with Gasteiger partial charge in [0.05, 0.1) is 23.6 Å². The molecule has 1 saturated heterocycles. The van der Waals surface area contributed by atoms with Gasteiger partial charge in [-0.2, -0.15) is 5.10 Å². The van der Waals surface area contributed by atoms with E-state index in [0.717, 1.165) is 43.9 Å². The largest absolute Gasteiger partial charge is 0.336 e. The summed E-state index contributed by atoms with van der Waals surface area (Å²) in [5.74, 6) is 0. The van der Waals surface area contributed by atoms with Crippen LogP contribution < -0.4 is 10.2 Å². The molecule has 0 aromatic carbocycles. The van der Waals surface area contributed by atoms with Gasteiger partial charge < -0.3 is 5.32 Å². The van der Waals surface area contributed by atoms with Crippen LogP contribution in [0.5, 0.6) is 0 Å². The number of amides is 2. The van der Waals surface area contributed by atoms with Gasteiger partial charge in [-0.1, -0.05) is 6.07 Å². The van der Waals surface area contributed by atoms with Gasteiger partial charge in [-0.3, -0.25) is 14.9 Å². The number of aryl methyl sites for hydroxylation is 1. The van der Waals surface area contributed by atoms with Gasteiger partial charge in [0.25, 0.3) is 0 Å². The van der Waals surface area contributed by atoms with Crippen LogP contribution in [-0.4, -0.2) is 47.3 Å². The average molecular weight is 345 g/mol. The Morgan fingerprint density at radius 2 is 2.21 bits per heavy atom. The second kappa shape index (κ2) is 6.94. The topological polar surface area (TPSA) is 64.3 Å². The molecule has 2 aliphatic rings. The lowest BCUT2D eigenvalue weighted by Gasteiger charge is -2.30. The van der Waals surface area contributed by atoms with Crippen LogP contribution in [-0.2, 0) is 6.42 Å². The van der Waals surface area contributed by atoms with Crippen LogP contribution >= 0.6 is 11.3 Å². The number of thiophene rings is 1. The first-order valence-corrected chi connectivity index (χ1v) is 9.56. The summed E-state index contributed by atoms with van der Waals surface area (Å²) in [6.07, 6.45) is 6.19. The van der Waals surface area contributed by atoms with Gasteiger partial charge in [0.2, 0.25) is 0 Å². The van der Waals surface area contributed by atoms with Crippen molar-refractivity contribution in [1.82, 2.24) is 20.4 Å². The Balaban J connectivity index is 1.44. The molecule has 2 amide bonds. The molecule has 24 heavy (non-hydrogen) atoms. The number of rotatable bonds is 4. The summed E-state index contributed by atoms with van der Waals surface area (Å²) in [6, 6.07) is 4.53. The predicted molar refractivity (Wildman–Crippen MR) is 95.5 cm³/mol. The second-order valence-corrected chi connectivity index (χ2v) is 7.43. The van der Waals surface area contributed by atoms with Crippen LogP contribution in [0, 0.1) is 0 Å². The average Bonchev–Trinajstić information content (AvgIpc) is 3.35. The number of anilines is 1. The second-order valence-electron chi connectivity index (χ2n) is 6.45. The summed E-state index contributed by atoms with van der Waals surface area (Å²) >= 11 is 1.77. The highest BCUT2D eigenvalue weighted by molar-refractivity contribution is 7.10. The lowest BCUT2D eigenvalue weighted by atomic mass is 10.1. The van der Waals surface area contributed by atoms with Crippen LogP contribution in [0.2, 0.25) is 0 Å². The van der Waals surface area contributed by atoms with Gasteiger partial charge >= 0.3 is 6.03 Å². The van der Waals surface area contributed by atoms with Gasteiger partial charge in [0.15, 0.2) is 0 Å². The van der Waals surface area contributed by atoms with Gasteiger partial charge in [-0.05, 0) is 50.2 Å². The zero-order chi connectivity index (χ0) is 16.4. The summed E-state index contributed by atoms with van der Waals surface area (Å²) in [5.41, 5.74) is 1.98. The molecule has 2 aromatic rings. The quantitative estimate of drug-likeness (QED) is 0.895.